The first-order valence-corrected chi connectivity index (χ1v) is 8.84. The highest BCUT2D eigenvalue weighted by Gasteiger charge is 2.25. The van der Waals surface area contributed by atoms with Crippen molar-refractivity contribution in [2.75, 3.05) is 18.8 Å². The number of nitrogens with zero attached hydrogens (tertiary/aromatic N) is 3. The Bertz CT molecular complexity index is 761. The molecule has 3 rings (SSSR count). The van der Waals surface area contributed by atoms with Crippen LogP contribution in [0.1, 0.15) is 23.8 Å². The van der Waals surface area contributed by atoms with E-state index in [4.69, 9.17) is 0 Å². The summed E-state index contributed by atoms with van der Waals surface area (Å²) in [7, 11) is 0. The van der Waals surface area contributed by atoms with Gasteiger partial charge in [-0.2, -0.15) is 11.8 Å². The molecule has 24 heavy (non-hydrogen) atoms. The Morgan fingerprint density at radius 1 is 1.54 bits per heavy atom. The van der Waals surface area contributed by atoms with Crippen molar-refractivity contribution < 1.29 is 9.72 Å². The van der Waals surface area contributed by atoms with Gasteiger partial charge in [0.05, 0.1) is 11.1 Å². The molecule has 1 aliphatic heterocycles. The number of nitro benzene ring substituents is 1. The third kappa shape index (κ3) is 3.43. The van der Waals surface area contributed by atoms with Crippen molar-refractivity contribution in [3.8, 4) is 11.4 Å². The number of benzene rings is 1. The number of amides is 1. The molecule has 1 saturated heterocycles. The largest absolute Gasteiger partial charge is 0.335 e. The minimum absolute atomic E-state index is 0.00406. The Kier molecular flexibility index (Phi) is 4.84. The molecule has 0 aliphatic carbocycles. The number of hydrogen-bond donors (Lipinski definition) is 1. The topological polar surface area (TPSA) is 92.1 Å². The Labute approximate surface area is 143 Å². The minimum Gasteiger partial charge on any atom is -0.335 e. The average Bonchev–Trinajstić information content (AvgIpc) is 3.11. The van der Waals surface area contributed by atoms with Gasteiger partial charge in [-0.1, -0.05) is 19.1 Å². The molecule has 1 atom stereocenters. The number of non-ortho nitro benzene ring substituents is 1. The molecule has 1 aromatic carbocycles. The van der Waals surface area contributed by atoms with E-state index in [0.717, 1.165) is 25.3 Å². The van der Waals surface area contributed by atoms with E-state index in [0.29, 0.717) is 22.3 Å². The molecule has 1 fully saturated rings. The predicted molar refractivity (Wildman–Crippen MR) is 93.1 cm³/mol. The molecular formula is C16H18N4O3S. The van der Waals surface area contributed by atoms with Crippen molar-refractivity contribution in [1.29, 1.82) is 0 Å². The lowest BCUT2D eigenvalue weighted by Gasteiger charge is -2.31. The van der Waals surface area contributed by atoms with Crippen molar-refractivity contribution in [2.24, 2.45) is 0 Å². The van der Waals surface area contributed by atoms with E-state index in [-0.39, 0.29) is 11.6 Å². The zero-order valence-electron chi connectivity index (χ0n) is 13.3. The van der Waals surface area contributed by atoms with E-state index in [9.17, 15) is 14.9 Å². The fourth-order valence-electron chi connectivity index (χ4n) is 2.66. The predicted octanol–water partition coefficient (Wildman–Crippen LogP) is 2.95. The normalized spacial score (nSPS) is 17.7. The molecule has 7 nitrogen and oxygen atoms in total. The van der Waals surface area contributed by atoms with Crippen LogP contribution in [-0.2, 0) is 0 Å². The minimum atomic E-state index is -0.450. The lowest BCUT2D eigenvalue weighted by Crippen LogP contribution is -2.41. The summed E-state index contributed by atoms with van der Waals surface area (Å²) >= 11 is 1.90. The van der Waals surface area contributed by atoms with Gasteiger partial charge in [0.2, 0.25) is 0 Å². The van der Waals surface area contributed by atoms with E-state index < -0.39 is 4.92 Å². The number of nitrogens with one attached hydrogen (secondary N) is 1. The summed E-state index contributed by atoms with van der Waals surface area (Å²) in [6.45, 7) is 3.60. The van der Waals surface area contributed by atoms with Gasteiger partial charge in [-0.15, -0.1) is 0 Å². The molecule has 1 N–H and O–H groups in total. The second-order valence-corrected chi connectivity index (χ2v) is 7.01. The van der Waals surface area contributed by atoms with Crippen LogP contribution in [0.3, 0.4) is 0 Å². The summed E-state index contributed by atoms with van der Waals surface area (Å²) in [5, 5.41) is 11.3. The van der Waals surface area contributed by atoms with E-state index in [1.165, 1.54) is 18.3 Å². The maximum absolute atomic E-state index is 12.6. The Morgan fingerprint density at radius 2 is 2.38 bits per heavy atom. The number of rotatable bonds is 4. The van der Waals surface area contributed by atoms with Gasteiger partial charge >= 0.3 is 0 Å². The van der Waals surface area contributed by atoms with Gasteiger partial charge in [0.1, 0.15) is 11.5 Å². The molecule has 8 heteroatoms. The number of carbonyl (C=O) groups is 1. The SMILES string of the molecule is CCC1CN(C(=O)c2cnc(-c3cccc([N+](=O)[O-])c3)[nH]2)CCS1. The smallest absolute Gasteiger partial charge is 0.271 e. The van der Waals surface area contributed by atoms with E-state index >= 15 is 0 Å². The van der Waals surface area contributed by atoms with E-state index in [1.807, 2.05) is 16.7 Å². The van der Waals surface area contributed by atoms with Crippen molar-refractivity contribution in [3.05, 3.63) is 46.3 Å². The van der Waals surface area contributed by atoms with Gasteiger partial charge < -0.3 is 9.88 Å². The summed E-state index contributed by atoms with van der Waals surface area (Å²) in [4.78, 5) is 32.1. The van der Waals surface area contributed by atoms with Crippen LogP contribution >= 0.6 is 11.8 Å². The molecular weight excluding hydrogens is 328 g/mol. The third-order valence-electron chi connectivity index (χ3n) is 4.02. The first-order valence-electron chi connectivity index (χ1n) is 7.79. The molecule has 2 heterocycles. The lowest BCUT2D eigenvalue weighted by molar-refractivity contribution is -0.384. The maximum atomic E-state index is 12.6. The number of H-pyrrole nitrogens is 1. The Morgan fingerprint density at radius 3 is 3.12 bits per heavy atom. The van der Waals surface area contributed by atoms with Gasteiger partial charge in [0, 0.05) is 41.8 Å². The molecule has 126 valence electrons. The standard InChI is InChI=1S/C16H18N4O3S/c1-2-13-10-19(6-7-24-13)16(21)14-9-17-15(18-14)11-4-3-5-12(8-11)20(22)23/h3-5,8-9,13H,2,6-7,10H2,1H3,(H,17,18). The first kappa shape index (κ1) is 16.5. The number of thioether (sulfide) groups is 1. The number of imidazole rings is 1. The number of aromatic nitrogens is 2. The fourth-order valence-corrected chi connectivity index (χ4v) is 3.84. The molecule has 0 radical (unpaired) electrons. The van der Waals surface area contributed by atoms with Crippen LogP contribution in [0.2, 0.25) is 0 Å². The summed E-state index contributed by atoms with van der Waals surface area (Å²) in [5.41, 5.74) is 0.998. The maximum Gasteiger partial charge on any atom is 0.271 e. The molecule has 0 saturated carbocycles. The van der Waals surface area contributed by atoms with Crippen molar-refractivity contribution >= 4 is 23.4 Å². The van der Waals surface area contributed by atoms with Gasteiger partial charge in [-0.25, -0.2) is 4.98 Å². The summed E-state index contributed by atoms with van der Waals surface area (Å²) in [5.74, 6) is 1.33. The second kappa shape index (κ2) is 7.04. The highest BCUT2D eigenvalue weighted by Crippen LogP contribution is 2.24. The van der Waals surface area contributed by atoms with Crippen LogP contribution < -0.4 is 0 Å². The molecule has 2 aromatic rings. The first-order chi connectivity index (χ1) is 11.6. The van der Waals surface area contributed by atoms with Crippen LogP contribution in [0.5, 0.6) is 0 Å². The molecule has 1 amide bonds. The molecule has 0 bridgehead atoms. The van der Waals surface area contributed by atoms with Crippen LogP contribution in [0.25, 0.3) is 11.4 Å². The summed E-state index contributed by atoms with van der Waals surface area (Å²) in [6.07, 6.45) is 2.54. The van der Waals surface area contributed by atoms with Crippen molar-refractivity contribution in [1.82, 2.24) is 14.9 Å². The Hall–Kier alpha value is -2.35. The van der Waals surface area contributed by atoms with Crippen LogP contribution in [0.4, 0.5) is 5.69 Å². The highest BCUT2D eigenvalue weighted by atomic mass is 32.2. The summed E-state index contributed by atoms with van der Waals surface area (Å²) in [6, 6.07) is 6.20. The van der Waals surface area contributed by atoms with Gasteiger partial charge in [0.15, 0.2) is 0 Å². The number of aromatic amines is 1. The zero-order valence-corrected chi connectivity index (χ0v) is 14.1. The molecule has 1 aromatic heterocycles. The van der Waals surface area contributed by atoms with Crippen LogP contribution in [-0.4, -0.2) is 49.8 Å². The quantitative estimate of drug-likeness (QED) is 0.679. The second-order valence-electron chi connectivity index (χ2n) is 5.61. The van der Waals surface area contributed by atoms with E-state index in [2.05, 4.69) is 16.9 Å². The van der Waals surface area contributed by atoms with Crippen LogP contribution in [0.15, 0.2) is 30.5 Å². The van der Waals surface area contributed by atoms with Crippen molar-refractivity contribution in [2.45, 2.75) is 18.6 Å². The monoisotopic (exact) mass is 346 g/mol. The highest BCUT2D eigenvalue weighted by molar-refractivity contribution is 8.00. The number of nitro groups is 1. The fraction of sp³-hybridized carbons (Fsp3) is 0.375. The zero-order chi connectivity index (χ0) is 17.1. The van der Waals surface area contributed by atoms with Crippen molar-refractivity contribution in [3.63, 3.8) is 0 Å². The van der Waals surface area contributed by atoms with Gasteiger partial charge in [-0.05, 0) is 6.42 Å². The van der Waals surface area contributed by atoms with Gasteiger partial charge in [0.25, 0.3) is 11.6 Å². The Balaban J connectivity index is 1.79. The van der Waals surface area contributed by atoms with E-state index in [1.54, 1.807) is 12.1 Å². The number of carbonyl (C=O) groups excluding carboxylic acids is 1. The van der Waals surface area contributed by atoms with Crippen LogP contribution in [0, 0.1) is 10.1 Å². The molecule has 1 unspecified atom stereocenters. The average molecular weight is 346 g/mol. The van der Waals surface area contributed by atoms with Gasteiger partial charge in [-0.3, -0.25) is 14.9 Å². The third-order valence-corrected chi connectivity index (χ3v) is 5.39. The molecule has 0 spiro atoms. The summed E-state index contributed by atoms with van der Waals surface area (Å²) < 4.78 is 0. The number of hydrogen-bond acceptors (Lipinski definition) is 5. The molecule has 1 aliphatic rings. The lowest BCUT2D eigenvalue weighted by atomic mass is 10.2.